The topological polar surface area (TPSA) is 34.1 Å². The Morgan fingerprint density at radius 2 is 2.04 bits per heavy atom. The van der Waals surface area contributed by atoms with E-state index in [1.165, 1.54) is 18.3 Å². The number of hydrogen-bond acceptors (Lipinski definition) is 3. The number of aryl methyl sites for hydroxylation is 1. The van der Waals surface area contributed by atoms with Gasteiger partial charge in [0.25, 0.3) is 0 Å². The Kier molecular flexibility index (Phi) is 5.04. The van der Waals surface area contributed by atoms with Gasteiger partial charge in [-0.15, -0.1) is 0 Å². The summed E-state index contributed by atoms with van der Waals surface area (Å²) in [5.41, 5.74) is 1.00. The second-order valence-corrected chi connectivity index (χ2v) is 5.96. The summed E-state index contributed by atoms with van der Waals surface area (Å²) < 4.78 is 47.2. The first kappa shape index (κ1) is 16.8. The van der Waals surface area contributed by atoms with Crippen molar-refractivity contribution in [1.82, 2.24) is 10.3 Å². The molecule has 0 aliphatic carbocycles. The predicted octanol–water partition coefficient (Wildman–Crippen LogP) is 3.79. The fraction of sp³-hybridized carbons (Fsp3) is 0.389. The molecule has 1 aromatic heterocycles. The first-order valence-corrected chi connectivity index (χ1v) is 8.04. The quantitative estimate of drug-likeness (QED) is 0.902. The predicted molar refractivity (Wildman–Crippen MR) is 84.3 cm³/mol. The average molecular weight is 336 g/mol. The maximum atomic E-state index is 14.3. The van der Waals surface area contributed by atoms with E-state index >= 15 is 0 Å². The highest BCUT2D eigenvalue weighted by atomic mass is 19.1. The van der Waals surface area contributed by atoms with Gasteiger partial charge < -0.3 is 10.1 Å². The SMILES string of the molecule is CCc1cc(F)cc(F)c1O[C@H](c1cncc(F)c1)C1CCNC1. The molecular formula is C18H19F3N2O. The van der Waals surface area contributed by atoms with Crippen LogP contribution >= 0.6 is 0 Å². The lowest BCUT2D eigenvalue weighted by Crippen LogP contribution is -2.22. The van der Waals surface area contributed by atoms with E-state index in [2.05, 4.69) is 10.3 Å². The van der Waals surface area contributed by atoms with Crippen LogP contribution < -0.4 is 10.1 Å². The molecule has 0 amide bonds. The molecule has 1 saturated heterocycles. The van der Waals surface area contributed by atoms with E-state index in [4.69, 9.17) is 4.74 Å². The van der Waals surface area contributed by atoms with E-state index in [9.17, 15) is 13.2 Å². The summed E-state index contributed by atoms with van der Waals surface area (Å²) in [7, 11) is 0. The zero-order chi connectivity index (χ0) is 17.1. The normalized spacial score (nSPS) is 18.6. The second kappa shape index (κ2) is 7.21. The number of benzene rings is 1. The molecule has 0 bridgehead atoms. The van der Waals surface area contributed by atoms with E-state index in [-0.39, 0.29) is 11.7 Å². The minimum Gasteiger partial charge on any atom is -0.482 e. The molecule has 24 heavy (non-hydrogen) atoms. The number of rotatable bonds is 5. The fourth-order valence-electron chi connectivity index (χ4n) is 3.09. The van der Waals surface area contributed by atoms with Crippen LogP contribution in [0.5, 0.6) is 5.75 Å². The number of hydrogen-bond donors (Lipinski definition) is 1. The van der Waals surface area contributed by atoms with E-state index < -0.39 is 23.6 Å². The first-order chi connectivity index (χ1) is 11.6. The minimum atomic E-state index is -0.743. The Hall–Kier alpha value is -2.08. The van der Waals surface area contributed by atoms with Crippen LogP contribution in [0.15, 0.2) is 30.6 Å². The van der Waals surface area contributed by atoms with Crippen molar-refractivity contribution in [1.29, 1.82) is 0 Å². The molecule has 2 atom stereocenters. The van der Waals surface area contributed by atoms with Crippen molar-refractivity contribution in [2.75, 3.05) is 13.1 Å². The molecule has 3 rings (SSSR count). The van der Waals surface area contributed by atoms with Gasteiger partial charge in [0.15, 0.2) is 11.6 Å². The second-order valence-electron chi connectivity index (χ2n) is 5.96. The molecule has 128 valence electrons. The van der Waals surface area contributed by atoms with Crippen molar-refractivity contribution in [3.8, 4) is 5.75 Å². The smallest absolute Gasteiger partial charge is 0.168 e. The van der Waals surface area contributed by atoms with Gasteiger partial charge in [-0.25, -0.2) is 13.2 Å². The molecule has 2 heterocycles. The molecule has 1 aliphatic rings. The molecule has 3 nitrogen and oxygen atoms in total. The van der Waals surface area contributed by atoms with Crippen molar-refractivity contribution in [2.24, 2.45) is 5.92 Å². The van der Waals surface area contributed by atoms with Crippen molar-refractivity contribution in [3.63, 3.8) is 0 Å². The lowest BCUT2D eigenvalue weighted by atomic mass is 9.95. The zero-order valence-corrected chi connectivity index (χ0v) is 13.4. The van der Waals surface area contributed by atoms with Gasteiger partial charge in [0, 0.05) is 30.3 Å². The van der Waals surface area contributed by atoms with Gasteiger partial charge in [-0.3, -0.25) is 4.98 Å². The van der Waals surface area contributed by atoms with Crippen molar-refractivity contribution < 1.29 is 17.9 Å². The maximum Gasteiger partial charge on any atom is 0.168 e. The Labute approximate surface area is 138 Å². The van der Waals surface area contributed by atoms with Gasteiger partial charge in [0.05, 0.1) is 6.20 Å². The Morgan fingerprint density at radius 3 is 2.71 bits per heavy atom. The van der Waals surface area contributed by atoms with Gasteiger partial charge in [-0.2, -0.15) is 0 Å². The van der Waals surface area contributed by atoms with Crippen LogP contribution in [0.4, 0.5) is 13.2 Å². The molecule has 0 radical (unpaired) electrons. The summed E-state index contributed by atoms with van der Waals surface area (Å²) >= 11 is 0. The van der Waals surface area contributed by atoms with Crippen LogP contribution in [0.2, 0.25) is 0 Å². The molecule has 1 unspecified atom stereocenters. The van der Waals surface area contributed by atoms with Gasteiger partial charge in [-0.05, 0) is 37.1 Å². The van der Waals surface area contributed by atoms with Crippen LogP contribution in [-0.2, 0) is 6.42 Å². The van der Waals surface area contributed by atoms with Crippen LogP contribution in [0.25, 0.3) is 0 Å². The Morgan fingerprint density at radius 1 is 1.21 bits per heavy atom. The van der Waals surface area contributed by atoms with E-state index in [0.717, 1.165) is 25.2 Å². The highest BCUT2D eigenvalue weighted by Crippen LogP contribution is 2.35. The molecular weight excluding hydrogens is 317 g/mol. The standard InChI is InChI=1S/C18H19F3N2O/c1-2-11-5-14(19)7-16(21)18(11)24-17(12-3-4-22-8-12)13-6-15(20)10-23-9-13/h5-7,9-10,12,17,22H,2-4,8H2,1H3/t12?,17-/m0/s1. The highest BCUT2D eigenvalue weighted by molar-refractivity contribution is 5.36. The third-order valence-electron chi connectivity index (χ3n) is 4.29. The average Bonchev–Trinajstić information content (AvgIpc) is 3.07. The maximum absolute atomic E-state index is 14.3. The van der Waals surface area contributed by atoms with Crippen LogP contribution in [-0.4, -0.2) is 18.1 Å². The van der Waals surface area contributed by atoms with E-state index in [1.807, 2.05) is 0 Å². The van der Waals surface area contributed by atoms with Gasteiger partial charge >= 0.3 is 0 Å². The third kappa shape index (κ3) is 3.53. The lowest BCUT2D eigenvalue weighted by Gasteiger charge is -2.26. The van der Waals surface area contributed by atoms with Crippen molar-refractivity contribution in [3.05, 3.63) is 59.2 Å². The molecule has 0 saturated carbocycles. The van der Waals surface area contributed by atoms with E-state index in [0.29, 0.717) is 24.1 Å². The van der Waals surface area contributed by atoms with Gasteiger partial charge in [0.1, 0.15) is 17.7 Å². The van der Waals surface area contributed by atoms with Gasteiger partial charge in [0.2, 0.25) is 0 Å². The number of aromatic nitrogens is 1. The summed E-state index contributed by atoms with van der Waals surface area (Å²) in [6.07, 6.45) is 3.35. The molecule has 0 spiro atoms. The Balaban J connectivity index is 1.98. The lowest BCUT2D eigenvalue weighted by molar-refractivity contribution is 0.135. The largest absolute Gasteiger partial charge is 0.482 e. The van der Waals surface area contributed by atoms with Crippen molar-refractivity contribution in [2.45, 2.75) is 25.9 Å². The summed E-state index contributed by atoms with van der Waals surface area (Å²) in [4.78, 5) is 3.87. The number of ether oxygens (including phenoxy) is 1. The monoisotopic (exact) mass is 336 g/mol. The zero-order valence-electron chi connectivity index (χ0n) is 13.4. The molecule has 1 N–H and O–H groups in total. The molecule has 1 aliphatic heterocycles. The van der Waals surface area contributed by atoms with Crippen molar-refractivity contribution >= 4 is 0 Å². The molecule has 2 aromatic rings. The number of nitrogens with one attached hydrogen (secondary N) is 1. The third-order valence-corrected chi connectivity index (χ3v) is 4.29. The summed E-state index contributed by atoms with van der Waals surface area (Å²) in [5, 5.41) is 3.23. The van der Waals surface area contributed by atoms with Crippen LogP contribution in [0, 0.1) is 23.4 Å². The van der Waals surface area contributed by atoms with Crippen LogP contribution in [0.3, 0.4) is 0 Å². The summed E-state index contributed by atoms with van der Waals surface area (Å²) in [6, 6.07) is 3.43. The highest BCUT2D eigenvalue weighted by Gasteiger charge is 2.30. The summed E-state index contributed by atoms with van der Waals surface area (Å²) in [6.45, 7) is 3.31. The first-order valence-electron chi connectivity index (χ1n) is 8.04. The van der Waals surface area contributed by atoms with Gasteiger partial charge in [-0.1, -0.05) is 6.92 Å². The number of nitrogens with zero attached hydrogens (tertiary/aromatic N) is 1. The molecule has 1 fully saturated rings. The fourth-order valence-corrected chi connectivity index (χ4v) is 3.09. The van der Waals surface area contributed by atoms with E-state index in [1.54, 1.807) is 6.92 Å². The summed E-state index contributed by atoms with van der Waals surface area (Å²) in [5.74, 6) is -1.76. The number of halogens is 3. The van der Waals surface area contributed by atoms with Crippen LogP contribution in [0.1, 0.15) is 30.6 Å². The Bertz CT molecular complexity index is 717. The minimum absolute atomic E-state index is 0.0278. The molecule has 1 aromatic carbocycles. The molecule has 6 heteroatoms. The number of pyridine rings is 1.